The summed E-state index contributed by atoms with van der Waals surface area (Å²) < 4.78 is 12.4. The first-order valence-corrected chi connectivity index (χ1v) is 11.0. The van der Waals surface area contributed by atoms with Crippen LogP contribution < -0.4 is 8.85 Å². The van der Waals surface area contributed by atoms with Crippen LogP contribution in [0.15, 0.2) is 53.1 Å². The van der Waals surface area contributed by atoms with Crippen molar-refractivity contribution >= 4 is 63.6 Å². The minimum Gasteiger partial charge on any atom is -0.360 e. The molecule has 0 fully saturated rings. The van der Waals surface area contributed by atoms with Crippen LogP contribution in [0.25, 0.3) is 20.5 Å². The number of nitrogens with one attached hydrogen (secondary N) is 2. The second-order valence-electron chi connectivity index (χ2n) is 5.90. The van der Waals surface area contributed by atoms with E-state index in [0.29, 0.717) is 0 Å². The minimum absolute atomic E-state index is 0.122. The van der Waals surface area contributed by atoms with Crippen LogP contribution in [-0.4, -0.2) is 9.17 Å². The number of anilines is 3. The van der Waals surface area contributed by atoms with Crippen LogP contribution in [-0.2, 0) is 0 Å². The molecule has 2 aromatic carbocycles. The van der Waals surface area contributed by atoms with Gasteiger partial charge in [-0.15, -0.1) is 11.3 Å². The predicted octanol–water partition coefficient (Wildman–Crippen LogP) is 6.07. The maximum atomic E-state index is 5.16. The largest absolute Gasteiger partial charge is 0.360 e. The van der Waals surface area contributed by atoms with E-state index in [2.05, 4.69) is 60.5 Å². The number of benzene rings is 2. The number of hydrogen-bond donors (Lipinski definition) is 2. The molecular weight excluding hydrogens is 445 g/mol. The van der Waals surface area contributed by atoms with Gasteiger partial charge in [-0.05, 0) is 61.6 Å². The molecular formula is C19H14IN3OS. The van der Waals surface area contributed by atoms with Crippen molar-refractivity contribution < 1.29 is 4.52 Å². The molecule has 1 aliphatic heterocycles. The Hall–Kier alpha value is -2.19. The smallest absolute Gasteiger partial charge is 0.174 e. The van der Waals surface area contributed by atoms with Crippen LogP contribution in [0.4, 0.5) is 17.2 Å². The van der Waals surface area contributed by atoms with Crippen LogP contribution in [0.1, 0.15) is 11.3 Å². The van der Waals surface area contributed by atoms with Crippen molar-refractivity contribution in [2.45, 2.75) is 6.92 Å². The lowest BCUT2D eigenvalue weighted by molar-refractivity contribution is 0.400. The SMILES string of the molecule is Cc1cc(Nc2cc3c(c(-c4cc5ccccc5s4)c2)NI=C3)no1. The molecule has 4 nitrogen and oxygen atoms in total. The number of aromatic nitrogens is 1. The summed E-state index contributed by atoms with van der Waals surface area (Å²) in [6, 6.07) is 17.1. The highest BCUT2D eigenvalue weighted by Crippen LogP contribution is 2.43. The minimum atomic E-state index is -0.122. The molecule has 0 saturated heterocycles. The number of rotatable bonds is 3. The van der Waals surface area contributed by atoms with E-state index in [4.69, 9.17) is 4.52 Å². The highest BCUT2D eigenvalue weighted by Gasteiger charge is 2.16. The summed E-state index contributed by atoms with van der Waals surface area (Å²) in [5.41, 5.74) is 4.80. The van der Waals surface area contributed by atoms with Gasteiger partial charge < -0.3 is 13.4 Å². The zero-order chi connectivity index (χ0) is 16.8. The molecule has 0 amide bonds. The van der Waals surface area contributed by atoms with Gasteiger partial charge in [0.25, 0.3) is 0 Å². The summed E-state index contributed by atoms with van der Waals surface area (Å²) in [6.45, 7) is 1.89. The Morgan fingerprint density at radius 3 is 2.92 bits per heavy atom. The van der Waals surface area contributed by atoms with Gasteiger partial charge in [-0.2, -0.15) is 0 Å². The number of hydrogen-bond acceptors (Lipinski definition) is 5. The maximum Gasteiger partial charge on any atom is 0.174 e. The van der Waals surface area contributed by atoms with E-state index in [1.807, 2.05) is 24.3 Å². The molecule has 2 N–H and O–H groups in total. The molecule has 25 heavy (non-hydrogen) atoms. The fourth-order valence-electron chi connectivity index (χ4n) is 2.95. The van der Waals surface area contributed by atoms with Crippen molar-refractivity contribution in [1.29, 1.82) is 0 Å². The summed E-state index contributed by atoms with van der Waals surface area (Å²) in [5, 5.41) is 8.69. The highest BCUT2D eigenvalue weighted by molar-refractivity contribution is 14.2. The first-order chi connectivity index (χ1) is 12.3. The average molecular weight is 459 g/mol. The summed E-state index contributed by atoms with van der Waals surface area (Å²) >= 11 is 1.71. The van der Waals surface area contributed by atoms with Crippen molar-refractivity contribution in [3.8, 4) is 10.4 Å². The van der Waals surface area contributed by atoms with Crippen LogP contribution in [0.5, 0.6) is 0 Å². The van der Waals surface area contributed by atoms with Gasteiger partial charge in [0.1, 0.15) is 5.76 Å². The van der Waals surface area contributed by atoms with Crippen molar-refractivity contribution in [2.24, 2.45) is 0 Å². The third-order valence-electron chi connectivity index (χ3n) is 4.08. The quantitative estimate of drug-likeness (QED) is 0.289. The van der Waals surface area contributed by atoms with Gasteiger partial charge in [0.05, 0.1) is 5.69 Å². The highest BCUT2D eigenvalue weighted by atomic mass is 127. The van der Waals surface area contributed by atoms with Crippen LogP contribution in [0.2, 0.25) is 0 Å². The topological polar surface area (TPSA) is 50.1 Å². The van der Waals surface area contributed by atoms with Crippen molar-refractivity contribution in [3.63, 3.8) is 0 Å². The summed E-state index contributed by atoms with van der Waals surface area (Å²) in [7, 11) is 0. The molecule has 1 aliphatic rings. The monoisotopic (exact) mass is 459 g/mol. The Kier molecular flexibility index (Phi) is 3.60. The first kappa shape index (κ1) is 15.1. The molecule has 0 radical (unpaired) electrons. The molecule has 5 rings (SSSR count). The maximum absolute atomic E-state index is 5.16. The Bertz CT molecular complexity index is 1100. The van der Waals surface area contributed by atoms with Gasteiger partial charge in [0, 0.05) is 32.5 Å². The Balaban J connectivity index is 1.63. The molecule has 0 spiro atoms. The first-order valence-electron chi connectivity index (χ1n) is 7.85. The number of thiophene rings is 1. The molecule has 2 aromatic heterocycles. The third-order valence-corrected chi connectivity index (χ3v) is 7.06. The normalized spacial score (nSPS) is 12.7. The number of aryl methyl sites for hydroxylation is 1. The zero-order valence-electron chi connectivity index (χ0n) is 13.3. The summed E-state index contributed by atoms with van der Waals surface area (Å²) in [4.78, 5) is 1.28. The molecule has 4 aromatic rings. The van der Waals surface area contributed by atoms with Gasteiger partial charge in [-0.25, -0.2) is 0 Å². The second-order valence-corrected chi connectivity index (χ2v) is 8.77. The number of halogens is 1. The fourth-order valence-corrected chi connectivity index (χ4v) is 5.93. The molecule has 0 aliphatic carbocycles. The second kappa shape index (κ2) is 5.96. The molecule has 0 atom stereocenters. The fraction of sp³-hybridized carbons (Fsp3) is 0.0526. The third kappa shape index (κ3) is 2.75. The Morgan fingerprint density at radius 1 is 1.16 bits per heavy atom. The van der Waals surface area contributed by atoms with E-state index >= 15 is 0 Å². The van der Waals surface area contributed by atoms with E-state index in [0.717, 1.165) is 17.3 Å². The van der Waals surface area contributed by atoms with Gasteiger partial charge in [-0.1, -0.05) is 23.4 Å². The Morgan fingerprint density at radius 2 is 2.08 bits per heavy atom. The summed E-state index contributed by atoms with van der Waals surface area (Å²) in [6.07, 6.45) is 0. The van der Waals surface area contributed by atoms with Crippen molar-refractivity contribution in [3.05, 3.63) is 59.9 Å². The molecule has 0 saturated carbocycles. The van der Waals surface area contributed by atoms with Crippen molar-refractivity contribution in [1.82, 2.24) is 5.16 Å². The van der Waals surface area contributed by atoms with Crippen LogP contribution >= 0.6 is 32.3 Å². The molecule has 124 valence electrons. The van der Waals surface area contributed by atoms with Crippen LogP contribution in [0, 0.1) is 6.92 Å². The van der Waals surface area contributed by atoms with E-state index in [1.165, 1.54) is 31.8 Å². The molecule has 3 heterocycles. The average Bonchev–Trinajstić information content (AvgIpc) is 3.33. The lowest BCUT2D eigenvalue weighted by Gasteiger charge is -2.11. The van der Waals surface area contributed by atoms with Crippen LogP contribution in [0.3, 0.4) is 0 Å². The van der Waals surface area contributed by atoms with E-state index < -0.39 is 0 Å². The van der Waals surface area contributed by atoms with E-state index in [1.54, 1.807) is 0 Å². The zero-order valence-corrected chi connectivity index (χ0v) is 16.3. The standard InChI is InChI=1S/C19H14IN3OS/c1-11-6-18(23-24-11)21-14-7-13-10-20-22-19(13)15(9-14)17-8-12-4-2-3-5-16(12)25-17/h2-10,22H,1H3,(H,21,23). The lowest BCUT2D eigenvalue weighted by atomic mass is 10.0. The molecule has 0 unspecified atom stereocenters. The summed E-state index contributed by atoms with van der Waals surface area (Å²) in [5.74, 6) is 1.54. The van der Waals surface area contributed by atoms with E-state index in [-0.39, 0.29) is 21.0 Å². The van der Waals surface area contributed by atoms with Gasteiger partial charge in [0.2, 0.25) is 0 Å². The van der Waals surface area contributed by atoms with Crippen molar-refractivity contribution in [2.75, 3.05) is 8.85 Å². The van der Waals surface area contributed by atoms with Gasteiger partial charge in [0.15, 0.2) is 5.82 Å². The van der Waals surface area contributed by atoms with E-state index in [9.17, 15) is 0 Å². The predicted molar refractivity (Wildman–Crippen MR) is 115 cm³/mol. The number of fused-ring (bicyclic) bond motifs is 2. The van der Waals surface area contributed by atoms with Gasteiger partial charge >= 0.3 is 0 Å². The van der Waals surface area contributed by atoms with Gasteiger partial charge in [-0.3, -0.25) is 0 Å². The molecule has 6 heteroatoms. The Labute approximate surface area is 159 Å². The molecule has 0 bridgehead atoms. The lowest BCUT2D eigenvalue weighted by Crippen LogP contribution is -1.94. The number of nitrogens with zero attached hydrogens (tertiary/aromatic N) is 1.